The maximum absolute atomic E-state index is 11.7. The number of likely N-dealkylation sites (N-methyl/N-ethyl adjacent to an activating group) is 1. The van der Waals surface area contributed by atoms with Crippen LogP contribution in [0.2, 0.25) is 0 Å². The fraction of sp³-hybridized carbons (Fsp3) is 0.381. The molecule has 5 heteroatoms. The summed E-state index contributed by atoms with van der Waals surface area (Å²) in [6.45, 7) is 2.36. The molecule has 3 rings (SSSR count). The minimum Gasteiger partial charge on any atom is -0.493 e. The van der Waals surface area contributed by atoms with Crippen LogP contribution in [0.4, 0.5) is 0 Å². The van der Waals surface area contributed by atoms with E-state index in [0.717, 1.165) is 36.6 Å². The lowest BCUT2D eigenvalue weighted by atomic mass is 9.97. The maximum Gasteiger partial charge on any atom is 0.259 e. The summed E-state index contributed by atoms with van der Waals surface area (Å²) in [5, 5.41) is 3.50. The zero-order valence-electron chi connectivity index (χ0n) is 15.4. The van der Waals surface area contributed by atoms with Gasteiger partial charge < -0.3 is 19.7 Å². The highest BCUT2D eigenvalue weighted by Crippen LogP contribution is 2.26. The molecule has 2 aromatic rings. The molecule has 26 heavy (non-hydrogen) atoms. The zero-order valence-corrected chi connectivity index (χ0v) is 15.4. The third kappa shape index (κ3) is 4.76. The largest absolute Gasteiger partial charge is 0.493 e. The molecule has 1 N–H and O–H groups in total. The molecule has 1 heterocycles. The standard InChI is InChI=1S/C21H26N2O3/c1-23(2)21(24)15-26-20-10-6-4-8-18(20)13-22-12-16-11-17-7-3-5-9-19(17)25-14-16/h3-10,16,22H,11-15H2,1-2H3/t16-/m0/s1. The van der Waals surface area contributed by atoms with E-state index in [1.54, 1.807) is 14.1 Å². The molecule has 0 aliphatic carbocycles. The first kappa shape index (κ1) is 18.3. The summed E-state index contributed by atoms with van der Waals surface area (Å²) in [5.41, 5.74) is 2.33. The van der Waals surface area contributed by atoms with Gasteiger partial charge >= 0.3 is 0 Å². The van der Waals surface area contributed by atoms with Crippen LogP contribution in [0.1, 0.15) is 11.1 Å². The Hall–Kier alpha value is -2.53. The number of benzene rings is 2. The van der Waals surface area contributed by atoms with Crippen LogP contribution in [-0.2, 0) is 17.8 Å². The molecular formula is C21H26N2O3. The molecule has 0 fully saturated rings. The SMILES string of the molecule is CN(C)C(=O)COc1ccccc1CNC[C@H]1COc2ccccc2C1. The van der Waals surface area contributed by atoms with Crippen LogP contribution in [0.25, 0.3) is 0 Å². The first-order valence-corrected chi connectivity index (χ1v) is 8.95. The normalized spacial score (nSPS) is 15.7. The molecule has 0 saturated carbocycles. The van der Waals surface area contributed by atoms with Gasteiger partial charge in [-0.05, 0) is 24.1 Å². The maximum atomic E-state index is 11.7. The molecule has 5 nitrogen and oxygen atoms in total. The first-order valence-electron chi connectivity index (χ1n) is 8.95. The number of fused-ring (bicyclic) bond motifs is 1. The Morgan fingerprint density at radius 2 is 1.96 bits per heavy atom. The zero-order chi connectivity index (χ0) is 18.4. The molecule has 0 radical (unpaired) electrons. The van der Waals surface area contributed by atoms with Gasteiger partial charge in [-0.3, -0.25) is 4.79 Å². The van der Waals surface area contributed by atoms with Gasteiger partial charge in [0.15, 0.2) is 6.61 Å². The summed E-state index contributed by atoms with van der Waals surface area (Å²) in [4.78, 5) is 13.2. The second-order valence-corrected chi connectivity index (χ2v) is 6.80. The van der Waals surface area contributed by atoms with Crippen LogP contribution >= 0.6 is 0 Å². The topological polar surface area (TPSA) is 50.8 Å². The second-order valence-electron chi connectivity index (χ2n) is 6.80. The average Bonchev–Trinajstić information content (AvgIpc) is 2.66. The summed E-state index contributed by atoms with van der Waals surface area (Å²) in [7, 11) is 3.45. The van der Waals surface area contributed by atoms with Crippen LogP contribution in [0.5, 0.6) is 11.5 Å². The fourth-order valence-corrected chi connectivity index (χ4v) is 2.99. The number of hydrogen-bond acceptors (Lipinski definition) is 4. The number of hydrogen-bond donors (Lipinski definition) is 1. The first-order chi connectivity index (χ1) is 12.6. The van der Waals surface area contributed by atoms with Gasteiger partial charge in [0, 0.05) is 38.7 Å². The number of nitrogens with one attached hydrogen (secondary N) is 1. The van der Waals surface area contributed by atoms with Crippen molar-refractivity contribution in [3.63, 3.8) is 0 Å². The number of carbonyl (C=O) groups is 1. The highest BCUT2D eigenvalue weighted by Gasteiger charge is 2.19. The van der Waals surface area contributed by atoms with Crippen LogP contribution < -0.4 is 14.8 Å². The van der Waals surface area contributed by atoms with Crippen LogP contribution in [0, 0.1) is 5.92 Å². The summed E-state index contributed by atoms with van der Waals surface area (Å²) in [5.74, 6) is 2.16. The molecule has 1 atom stereocenters. The lowest BCUT2D eigenvalue weighted by Gasteiger charge is -2.25. The molecule has 1 aliphatic heterocycles. The molecule has 0 unspecified atom stereocenters. The second kappa shape index (κ2) is 8.72. The minimum atomic E-state index is -0.0502. The van der Waals surface area contributed by atoms with Gasteiger partial charge in [-0.25, -0.2) is 0 Å². The summed E-state index contributed by atoms with van der Waals surface area (Å²) in [6, 6.07) is 16.1. The van der Waals surface area contributed by atoms with Crippen LogP contribution in [-0.4, -0.2) is 44.7 Å². The average molecular weight is 354 g/mol. The third-order valence-electron chi connectivity index (χ3n) is 4.53. The molecule has 0 saturated heterocycles. The summed E-state index contributed by atoms with van der Waals surface area (Å²) in [6.07, 6.45) is 1.03. The van der Waals surface area contributed by atoms with E-state index in [1.807, 2.05) is 36.4 Å². The van der Waals surface area contributed by atoms with E-state index in [9.17, 15) is 4.79 Å². The number of rotatable bonds is 7. The molecule has 0 spiro atoms. The van der Waals surface area contributed by atoms with Crippen LogP contribution in [0.3, 0.4) is 0 Å². The van der Waals surface area contributed by atoms with Crippen molar-refractivity contribution in [2.45, 2.75) is 13.0 Å². The molecule has 1 amide bonds. The third-order valence-corrected chi connectivity index (χ3v) is 4.53. The van der Waals surface area contributed by atoms with Gasteiger partial charge in [0.25, 0.3) is 5.91 Å². The lowest BCUT2D eigenvalue weighted by Crippen LogP contribution is -2.31. The molecule has 138 valence electrons. The van der Waals surface area contributed by atoms with Crippen molar-refractivity contribution < 1.29 is 14.3 Å². The highest BCUT2D eigenvalue weighted by molar-refractivity contribution is 5.77. The van der Waals surface area contributed by atoms with Gasteiger partial charge in [0.2, 0.25) is 0 Å². The Morgan fingerprint density at radius 1 is 1.19 bits per heavy atom. The Kier molecular flexibility index (Phi) is 6.12. The van der Waals surface area contributed by atoms with Crippen molar-refractivity contribution in [2.75, 3.05) is 33.9 Å². The van der Waals surface area contributed by atoms with Crippen molar-refractivity contribution in [1.82, 2.24) is 10.2 Å². The van der Waals surface area contributed by atoms with E-state index in [0.29, 0.717) is 12.5 Å². The van der Waals surface area contributed by atoms with Gasteiger partial charge in [0.1, 0.15) is 11.5 Å². The number of carbonyl (C=O) groups excluding carboxylic acids is 1. The quantitative estimate of drug-likeness (QED) is 0.830. The van der Waals surface area contributed by atoms with Crippen LogP contribution in [0.15, 0.2) is 48.5 Å². The number of para-hydroxylation sites is 2. The van der Waals surface area contributed by atoms with Gasteiger partial charge in [-0.2, -0.15) is 0 Å². The summed E-state index contributed by atoms with van der Waals surface area (Å²) >= 11 is 0. The van der Waals surface area contributed by atoms with Crippen molar-refractivity contribution in [1.29, 1.82) is 0 Å². The Balaban J connectivity index is 1.50. The van der Waals surface area contributed by atoms with E-state index in [4.69, 9.17) is 9.47 Å². The lowest BCUT2D eigenvalue weighted by molar-refractivity contribution is -0.130. The fourth-order valence-electron chi connectivity index (χ4n) is 2.99. The van der Waals surface area contributed by atoms with E-state index in [2.05, 4.69) is 17.4 Å². The van der Waals surface area contributed by atoms with Crippen molar-refractivity contribution in [3.8, 4) is 11.5 Å². The van der Waals surface area contributed by atoms with Gasteiger partial charge in [0.05, 0.1) is 6.61 Å². The number of nitrogens with zero attached hydrogens (tertiary/aromatic N) is 1. The van der Waals surface area contributed by atoms with E-state index >= 15 is 0 Å². The van der Waals surface area contributed by atoms with E-state index in [-0.39, 0.29) is 12.5 Å². The Bertz CT molecular complexity index is 746. The monoisotopic (exact) mass is 354 g/mol. The Morgan fingerprint density at radius 3 is 2.81 bits per heavy atom. The summed E-state index contributed by atoms with van der Waals surface area (Å²) < 4.78 is 11.5. The predicted octanol–water partition coefficient (Wildman–Crippen LogP) is 2.49. The smallest absolute Gasteiger partial charge is 0.259 e. The molecule has 2 aromatic carbocycles. The number of ether oxygens (including phenoxy) is 2. The van der Waals surface area contributed by atoms with Crippen molar-refractivity contribution in [3.05, 3.63) is 59.7 Å². The molecule has 0 aromatic heterocycles. The van der Waals surface area contributed by atoms with E-state index in [1.165, 1.54) is 10.5 Å². The molecule has 0 bridgehead atoms. The minimum absolute atomic E-state index is 0.0502. The Labute approximate surface area is 154 Å². The highest BCUT2D eigenvalue weighted by atomic mass is 16.5. The van der Waals surface area contributed by atoms with Gasteiger partial charge in [-0.1, -0.05) is 36.4 Å². The molecule has 1 aliphatic rings. The van der Waals surface area contributed by atoms with Gasteiger partial charge in [-0.15, -0.1) is 0 Å². The van der Waals surface area contributed by atoms with Crippen molar-refractivity contribution >= 4 is 5.91 Å². The predicted molar refractivity (Wildman–Crippen MR) is 101 cm³/mol. The number of amides is 1. The van der Waals surface area contributed by atoms with Crippen molar-refractivity contribution in [2.24, 2.45) is 5.92 Å². The molecular weight excluding hydrogens is 328 g/mol. The van der Waals surface area contributed by atoms with E-state index < -0.39 is 0 Å².